The molecular weight excluding hydrogens is 430 g/mol. The van der Waals surface area contributed by atoms with E-state index < -0.39 is 0 Å². The molecule has 4 nitrogen and oxygen atoms in total. The van der Waals surface area contributed by atoms with Crippen LogP contribution in [0, 0.1) is 11.8 Å². The third kappa shape index (κ3) is 5.12. The number of hydrogen-bond acceptors (Lipinski definition) is 2. The summed E-state index contributed by atoms with van der Waals surface area (Å²) in [6.45, 7) is 7.93. The van der Waals surface area contributed by atoms with Crippen molar-refractivity contribution in [1.29, 1.82) is 0 Å². The largest absolute Gasteiger partial charge is 0.342 e. The molecule has 5 heteroatoms. The number of likely N-dealkylation sites (tertiary alicyclic amines) is 2. The summed E-state index contributed by atoms with van der Waals surface area (Å²) >= 11 is 6.10. The highest BCUT2D eigenvalue weighted by Crippen LogP contribution is 2.27. The number of hydrogen-bond donors (Lipinski definition) is 0. The minimum atomic E-state index is 0.203. The van der Waals surface area contributed by atoms with Crippen molar-refractivity contribution >= 4 is 28.4 Å². The molecule has 0 saturated carbocycles. The van der Waals surface area contributed by atoms with E-state index in [2.05, 4.69) is 63.8 Å². The van der Waals surface area contributed by atoms with Crippen LogP contribution < -0.4 is 0 Å². The molecular formula is C28H34ClN3O. The predicted octanol–water partition coefficient (Wildman–Crippen LogP) is 5.81. The first-order chi connectivity index (χ1) is 16.1. The van der Waals surface area contributed by atoms with E-state index in [4.69, 9.17) is 11.6 Å². The molecule has 0 radical (unpaired) electrons. The van der Waals surface area contributed by atoms with E-state index in [9.17, 15) is 4.79 Å². The van der Waals surface area contributed by atoms with Crippen LogP contribution in [0.15, 0.2) is 54.6 Å². The lowest BCUT2D eigenvalue weighted by Gasteiger charge is -2.36. The molecule has 33 heavy (non-hydrogen) atoms. The van der Waals surface area contributed by atoms with Crippen LogP contribution in [0.4, 0.5) is 0 Å². The van der Waals surface area contributed by atoms with Crippen molar-refractivity contribution in [3.8, 4) is 0 Å². The van der Waals surface area contributed by atoms with Crippen LogP contribution in [-0.4, -0.2) is 46.5 Å². The minimum absolute atomic E-state index is 0.203. The normalized spacial score (nSPS) is 18.8. The number of aromatic nitrogens is 1. The van der Waals surface area contributed by atoms with Crippen molar-refractivity contribution in [2.45, 2.75) is 45.7 Å². The zero-order chi connectivity index (χ0) is 22.8. The highest BCUT2D eigenvalue weighted by atomic mass is 35.5. The lowest BCUT2D eigenvalue weighted by molar-refractivity contribution is -0.138. The smallest absolute Gasteiger partial charge is 0.225 e. The van der Waals surface area contributed by atoms with Crippen molar-refractivity contribution in [3.63, 3.8) is 0 Å². The summed E-state index contributed by atoms with van der Waals surface area (Å²) in [4.78, 5) is 17.7. The highest BCUT2D eigenvalue weighted by molar-refractivity contribution is 6.30. The van der Waals surface area contributed by atoms with E-state index in [-0.39, 0.29) is 5.92 Å². The van der Waals surface area contributed by atoms with Crippen LogP contribution in [0.5, 0.6) is 0 Å². The maximum absolute atomic E-state index is 13.0. The fraction of sp³-hybridized carbons (Fsp3) is 0.464. The summed E-state index contributed by atoms with van der Waals surface area (Å²) in [5.41, 5.74) is 3.86. The van der Waals surface area contributed by atoms with E-state index in [1.807, 2.05) is 12.1 Å². The molecule has 0 bridgehead atoms. The minimum Gasteiger partial charge on any atom is -0.342 e. The van der Waals surface area contributed by atoms with Gasteiger partial charge >= 0.3 is 0 Å². The van der Waals surface area contributed by atoms with Crippen molar-refractivity contribution in [3.05, 3.63) is 70.9 Å². The molecule has 174 valence electrons. The van der Waals surface area contributed by atoms with Gasteiger partial charge in [0.25, 0.3) is 0 Å². The predicted molar refractivity (Wildman–Crippen MR) is 135 cm³/mol. The second-order valence-electron chi connectivity index (χ2n) is 9.97. The molecule has 2 aromatic carbocycles. The molecule has 3 heterocycles. The number of rotatable bonds is 5. The molecule has 0 unspecified atom stereocenters. The molecule has 1 aromatic heterocycles. The van der Waals surface area contributed by atoms with E-state index in [0.29, 0.717) is 5.91 Å². The van der Waals surface area contributed by atoms with Gasteiger partial charge in [0.15, 0.2) is 0 Å². The zero-order valence-corrected chi connectivity index (χ0v) is 20.3. The van der Waals surface area contributed by atoms with Crippen molar-refractivity contribution in [1.82, 2.24) is 14.4 Å². The summed E-state index contributed by atoms with van der Waals surface area (Å²) in [6.07, 6.45) is 4.26. The van der Waals surface area contributed by atoms with Crippen molar-refractivity contribution < 1.29 is 4.79 Å². The molecule has 2 aliphatic heterocycles. The van der Waals surface area contributed by atoms with Crippen LogP contribution in [-0.2, 0) is 17.9 Å². The number of carbonyl (C=O) groups is 1. The van der Waals surface area contributed by atoms with Crippen LogP contribution in [0.1, 0.15) is 43.9 Å². The van der Waals surface area contributed by atoms with Crippen molar-refractivity contribution in [2.75, 3.05) is 26.2 Å². The summed E-state index contributed by atoms with van der Waals surface area (Å²) in [7, 11) is 0. The SMILES string of the molecule is CC1CCN(C(=O)C2CCN(Cc3cc4ccccc4n3Cc3ccc(Cl)cc3)CC2)CC1. The Morgan fingerprint density at radius 3 is 2.33 bits per heavy atom. The Hall–Kier alpha value is -2.30. The number of carbonyl (C=O) groups excluding carboxylic acids is 1. The van der Waals surface area contributed by atoms with Gasteiger partial charge in [-0.05, 0) is 79.9 Å². The second-order valence-corrected chi connectivity index (χ2v) is 10.4. The molecule has 0 aliphatic carbocycles. The average molecular weight is 464 g/mol. The van der Waals surface area contributed by atoms with E-state index >= 15 is 0 Å². The number of halogens is 1. The van der Waals surface area contributed by atoms with Gasteiger partial charge in [-0.2, -0.15) is 0 Å². The van der Waals surface area contributed by atoms with Gasteiger partial charge in [-0.25, -0.2) is 0 Å². The van der Waals surface area contributed by atoms with Crippen LogP contribution in [0.3, 0.4) is 0 Å². The summed E-state index contributed by atoms with van der Waals surface area (Å²) in [6, 6.07) is 19.1. The van der Waals surface area contributed by atoms with Gasteiger partial charge in [0.05, 0.1) is 0 Å². The maximum atomic E-state index is 13.0. The number of nitrogens with zero attached hydrogens (tertiary/aromatic N) is 3. The van der Waals surface area contributed by atoms with Gasteiger partial charge < -0.3 is 9.47 Å². The van der Waals surface area contributed by atoms with Crippen molar-refractivity contribution in [2.24, 2.45) is 11.8 Å². The Bertz CT molecular complexity index is 1090. The first-order valence-corrected chi connectivity index (χ1v) is 12.8. The maximum Gasteiger partial charge on any atom is 0.225 e. The van der Waals surface area contributed by atoms with Gasteiger partial charge in [-0.3, -0.25) is 9.69 Å². The first kappa shape index (κ1) is 22.5. The molecule has 0 N–H and O–H groups in total. The topological polar surface area (TPSA) is 28.5 Å². The van der Waals surface area contributed by atoms with Crippen LogP contribution in [0.25, 0.3) is 10.9 Å². The molecule has 5 rings (SSSR count). The Balaban J connectivity index is 1.26. The first-order valence-electron chi connectivity index (χ1n) is 12.4. The number of piperidine rings is 2. The van der Waals surface area contributed by atoms with E-state index in [0.717, 1.165) is 75.9 Å². The monoisotopic (exact) mass is 463 g/mol. The van der Waals surface area contributed by atoms with Crippen LogP contribution >= 0.6 is 11.6 Å². The van der Waals surface area contributed by atoms with Gasteiger partial charge in [0, 0.05) is 48.3 Å². The highest BCUT2D eigenvalue weighted by Gasteiger charge is 2.30. The summed E-state index contributed by atoms with van der Waals surface area (Å²) < 4.78 is 2.44. The molecule has 0 spiro atoms. The molecule has 0 atom stereocenters. The number of para-hydroxylation sites is 1. The lowest BCUT2D eigenvalue weighted by Crippen LogP contribution is -2.45. The Morgan fingerprint density at radius 2 is 1.61 bits per heavy atom. The second kappa shape index (κ2) is 9.90. The Kier molecular flexibility index (Phi) is 6.75. The third-order valence-corrected chi connectivity index (χ3v) is 7.82. The lowest BCUT2D eigenvalue weighted by atomic mass is 9.92. The van der Waals surface area contributed by atoms with E-state index in [1.54, 1.807) is 0 Å². The average Bonchev–Trinajstić information content (AvgIpc) is 3.18. The summed E-state index contributed by atoms with van der Waals surface area (Å²) in [5, 5.41) is 2.05. The molecule has 2 saturated heterocycles. The molecule has 1 amide bonds. The van der Waals surface area contributed by atoms with Crippen LogP contribution in [0.2, 0.25) is 5.02 Å². The number of amides is 1. The number of benzene rings is 2. The van der Waals surface area contributed by atoms with Gasteiger partial charge in [-0.15, -0.1) is 0 Å². The zero-order valence-electron chi connectivity index (χ0n) is 19.5. The Labute approximate surface area is 202 Å². The van der Waals surface area contributed by atoms with Gasteiger partial charge in [0.2, 0.25) is 5.91 Å². The fourth-order valence-corrected chi connectivity index (χ4v) is 5.54. The molecule has 2 fully saturated rings. The Morgan fingerprint density at radius 1 is 0.909 bits per heavy atom. The third-order valence-electron chi connectivity index (χ3n) is 7.57. The molecule has 2 aliphatic rings. The van der Waals surface area contributed by atoms with Gasteiger partial charge in [0.1, 0.15) is 0 Å². The van der Waals surface area contributed by atoms with E-state index in [1.165, 1.54) is 22.2 Å². The van der Waals surface area contributed by atoms with Gasteiger partial charge in [-0.1, -0.05) is 48.9 Å². The number of fused-ring (bicyclic) bond motifs is 1. The quantitative estimate of drug-likeness (QED) is 0.477. The molecule has 3 aromatic rings. The standard InChI is InChI=1S/C28H34ClN3O/c1-21-10-16-31(17-11-21)28(33)23-12-14-30(15-13-23)20-26-18-24-4-2-3-5-27(24)32(26)19-22-6-8-25(29)9-7-22/h2-9,18,21,23H,10-17,19-20H2,1H3. The fourth-order valence-electron chi connectivity index (χ4n) is 5.41. The summed E-state index contributed by atoms with van der Waals surface area (Å²) in [5.74, 6) is 1.36.